The smallest absolute Gasteiger partial charge is 0.314 e. The third-order valence-corrected chi connectivity index (χ3v) is 4.65. The predicted molar refractivity (Wildman–Crippen MR) is 118 cm³/mol. The van der Waals surface area contributed by atoms with Gasteiger partial charge >= 0.3 is 11.9 Å². The van der Waals surface area contributed by atoms with Gasteiger partial charge in [-0.05, 0) is 38.1 Å². The lowest BCUT2D eigenvalue weighted by Gasteiger charge is -2.24. The summed E-state index contributed by atoms with van der Waals surface area (Å²) < 4.78 is 22.1. The molecule has 0 unspecified atom stereocenters. The molecule has 2 aromatic rings. The van der Waals surface area contributed by atoms with E-state index in [9.17, 15) is 9.59 Å². The van der Waals surface area contributed by atoms with Gasteiger partial charge < -0.3 is 24.3 Å². The van der Waals surface area contributed by atoms with Crippen LogP contribution in [0.1, 0.15) is 33.1 Å². The molecule has 1 N–H and O–H groups in total. The molecule has 0 saturated heterocycles. The first-order chi connectivity index (χ1) is 15.5. The first kappa shape index (κ1) is 22.9. The highest BCUT2D eigenvalue weighted by Gasteiger charge is 2.19. The monoisotopic (exact) mass is 437 g/mol. The molecule has 7 nitrogen and oxygen atoms in total. The van der Waals surface area contributed by atoms with Gasteiger partial charge in [-0.2, -0.15) is 0 Å². The van der Waals surface area contributed by atoms with Crippen molar-refractivity contribution in [1.82, 2.24) is 5.32 Å². The van der Waals surface area contributed by atoms with Gasteiger partial charge in [-0.15, -0.1) is 0 Å². The fraction of sp³-hybridized carbons (Fsp3) is 0.280. The number of rotatable bonds is 10. The van der Waals surface area contributed by atoms with E-state index in [1.54, 1.807) is 48.5 Å². The second-order valence-electron chi connectivity index (χ2n) is 7.17. The van der Waals surface area contributed by atoms with Crippen molar-refractivity contribution in [2.45, 2.75) is 33.1 Å². The third-order valence-electron chi connectivity index (χ3n) is 4.65. The van der Waals surface area contributed by atoms with Crippen LogP contribution in [-0.2, 0) is 19.1 Å². The lowest BCUT2D eigenvalue weighted by Crippen LogP contribution is -2.22. The van der Waals surface area contributed by atoms with Gasteiger partial charge in [0.25, 0.3) is 0 Å². The average molecular weight is 437 g/mol. The number of benzene rings is 2. The van der Waals surface area contributed by atoms with E-state index in [1.165, 1.54) is 0 Å². The minimum atomic E-state index is -0.363. The number of nitrogens with one attached hydrogen (secondary N) is 1. The molecule has 32 heavy (non-hydrogen) atoms. The van der Waals surface area contributed by atoms with Crippen molar-refractivity contribution >= 4 is 11.9 Å². The zero-order valence-corrected chi connectivity index (χ0v) is 18.3. The van der Waals surface area contributed by atoms with Crippen molar-refractivity contribution in [2.75, 3.05) is 13.2 Å². The molecular weight excluding hydrogens is 410 g/mol. The van der Waals surface area contributed by atoms with E-state index >= 15 is 0 Å². The van der Waals surface area contributed by atoms with E-state index in [0.29, 0.717) is 29.4 Å². The number of hydrogen-bond donors (Lipinski definition) is 1. The highest BCUT2D eigenvalue weighted by atomic mass is 16.5. The highest BCUT2D eigenvalue weighted by Crippen LogP contribution is 2.25. The molecule has 168 valence electrons. The van der Waals surface area contributed by atoms with Crippen LogP contribution in [0.5, 0.6) is 11.5 Å². The maximum Gasteiger partial charge on any atom is 0.314 e. The van der Waals surface area contributed by atoms with E-state index in [4.69, 9.17) is 18.9 Å². The number of esters is 2. The fourth-order valence-corrected chi connectivity index (χ4v) is 3.01. The van der Waals surface area contributed by atoms with Gasteiger partial charge in [-0.1, -0.05) is 36.4 Å². The van der Waals surface area contributed by atoms with E-state index < -0.39 is 0 Å². The third kappa shape index (κ3) is 7.19. The molecule has 0 radical (unpaired) electrons. The van der Waals surface area contributed by atoms with E-state index in [2.05, 4.69) is 5.32 Å². The van der Waals surface area contributed by atoms with Crippen molar-refractivity contribution in [3.05, 3.63) is 83.6 Å². The molecule has 0 atom stereocenters. The van der Waals surface area contributed by atoms with E-state index in [0.717, 1.165) is 11.4 Å². The van der Waals surface area contributed by atoms with Gasteiger partial charge in [-0.3, -0.25) is 9.59 Å². The Morgan fingerprint density at radius 1 is 0.719 bits per heavy atom. The van der Waals surface area contributed by atoms with E-state index in [-0.39, 0.29) is 38.0 Å². The van der Waals surface area contributed by atoms with Crippen LogP contribution < -0.4 is 14.8 Å². The van der Waals surface area contributed by atoms with Gasteiger partial charge in [0.1, 0.15) is 23.0 Å². The van der Waals surface area contributed by atoms with Crippen LogP contribution in [0.2, 0.25) is 0 Å². The second kappa shape index (κ2) is 11.6. The van der Waals surface area contributed by atoms with Gasteiger partial charge in [-0.25, -0.2) is 0 Å². The summed E-state index contributed by atoms with van der Waals surface area (Å²) in [5.41, 5.74) is 1.71. The number of carbonyl (C=O) groups excluding carboxylic acids is 2. The Labute approximate surface area is 187 Å². The van der Waals surface area contributed by atoms with Gasteiger partial charge in [0.2, 0.25) is 0 Å². The number of carbonyl (C=O) groups is 2. The molecule has 0 bridgehead atoms. The Hall–Kier alpha value is -3.74. The van der Waals surface area contributed by atoms with Crippen LogP contribution in [0.4, 0.5) is 0 Å². The summed E-state index contributed by atoms with van der Waals surface area (Å²) in [6.45, 7) is 4.18. The fourth-order valence-electron chi connectivity index (χ4n) is 3.01. The minimum Gasteiger partial charge on any atom is -0.495 e. The Balaban J connectivity index is 1.40. The summed E-state index contributed by atoms with van der Waals surface area (Å²) in [4.78, 5) is 24.0. The van der Waals surface area contributed by atoms with Crippen LogP contribution in [0.15, 0.2) is 83.6 Å². The largest absolute Gasteiger partial charge is 0.495 e. The normalized spacial score (nSPS) is 13.3. The van der Waals surface area contributed by atoms with Crippen molar-refractivity contribution in [1.29, 1.82) is 0 Å². The molecule has 3 rings (SSSR count). The summed E-state index contributed by atoms with van der Waals surface area (Å²) in [5, 5.41) is 3.21. The number of allylic oxidation sites excluding steroid dienone is 2. The zero-order chi connectivity index (χ0) is 22.8. The lowest BCUT2D eigenvalue weighted by atomic mass is 10.1. The van der Waals surface area contributed by atoms with E-state index in [1.807, 2.05) is 26.0 Å². The molecule has 7 heteroatoms. The second-order valence-corrected chi connectivity index (χ2v) is 7.17. The lowest BCUT2D eigenvalue weighted by molar-refractivity contribution is -0.136. The maximum atomic E-state index is 12.0. The van der Waals surface area contributed by atoms with Crippen LogP contribution in [0, 0.1) is 0 Å². The number of ether oxygens (including phenoxy) is 4. The van der Waals surface area contributed by atoms with Crippen LogP contribution >= 0.6 is 0 Å². The predicted octanol–water partition coefficient (Wildman–Crippen LogP) is 4.47. The minimum absolute atomic E-state index is 0.121. The zero-order valence-electron chi connectivity index (χ0n) is 18.3. The maximum absolute atomic E-state index is 12.0. The molecule has 0 saturated carbocycles. The van der Waals surface area contributed by atoms with Crippen molar-refractivity contribution in [3.63, 3.8) is 0 Å². The van der Waals surface area contributed by atoms with Crippen LogP contribution in [0.25, 0.3) is 0 Å². The Kier molecular flexibility index (Phi) is 8.31. The van der Waals surface area contributed by atoms with Gasteiger partial charge in [0, 0.05) is 0 Å². The average Bonchev–Trinajstić information content (AvgIpc) is 2.78. The van der Waals surface area contributed by atoms with Crippen molar-refractivity contribution in [3.8, 4) is 11.5 Å². The summed E-state index contributed by atoms with van der Waals surface area (Å²) in [6, 6.07) is 17.8. The molecule has 1 heterocycles. The SMILES string of the molecule is CC1=C(OCCC(=O)Oc2ccccc2)CC(OCCC(=O)Oc2ccccc2)=C(C)N1. The molecule has 0 aromatic heterocycles. The molecule has 0 fully saturated rings. The Bertz CT molecular complexity index is 903. The molecule has 0 amide bonds. The van der Waals surface area contributed by atoms with Gasteiger partial charge in [0.15, 0.2) is 0 Å². The summed E-state index contributed by atoms with van der Waals surface area (Å²) in [7, 11) is 0. The Morgan fingerprint density at radius 3 is 1.53 bits per heavy atom. The summed E-state index contributed by atoms with van der Waals surface area (Å²) in [6.07, 6.45) is 0.678. The number of hydrogen-bond acceptors (Lipinski definition) is 7. The van der Waals surface area contributed by atoms with Crippen LogP contribution in [-0.4, -0.2) is 25.2 Å². The van der Waals surface area contributed by atoms with Gasteiger partial charge in [0.05, 0.1) is 43.9 Å². The van der Waals surface area contributed by atoms with Crippen molar-refractivity contribution < 1.29 is 28.5 Å². The Morgan fingerprint density at radius 2 is 1.12 bits per heavy atom. The summed E-state index contributed by atoms with van der Waals surface area (Å²) in [5.74, 6) is 1.66. The molecule has 0 spiro atoms. The number of para-hydroxylation sites is 2. The summed E-state index contributed by atoms with van der Waals surface area (Å²) >= 11 is 0. The quantitative estimate of drug-likeness (QED) is 0.434. The van der Waals surface area contributed by atoms with Crippen molar-refractivity contribution in [2.24, 2.45) is 0 Å². The molecular formula is C25H27NO6. The highest BCUT2D eigenvalue weighted by molar-refractivity contribution is 5.72. The first-order valence-electron chi connectivity index (χ1n) is 10.4. The topological polar surface area (TPSA) is 83.1 Å². The first-order valence-corrected chi connectivity index (χ1v) is 10.4. The standard InChI is InChI=1S/C25H27NO6/c1-18-22(29-15-13-24(27)31-20-9-5-3-6-10-20)17-23(19(2)26-18)30-16-14-25(28)32-21-11-7-4-8-12-21/h3-12,26H,13-17H2,1-2H3. The molecule has 2 aromatic carbocycles. The van der Waals surface area contributed by atoms with Crippen LogP contribution in [0.3, 0.4) is 0 Å². The molecule has 1 aliphatic heterocycles. The number of dihydropyridines is 1. The molecule has 1 aliphatic rings. The molecule has 0 aliphatic carbocycles.